The van der Waals surface area contributed by atoms with Gasteiger partial charge in [0.15, 0.2) is 5.78 Å². The molecule has 0 saturated carbocycles. The molecule has 0 unspecified atom stereocenters. The van der Waals surface area contributed by atoms with Crippen LogP contribution in [0.3, 0.4) is 0 Å². The summed E-state index contributed by atoms with van der Waals surface area (Å²) in [5.41, 5.74) is 1.33. The third-order valence-corrected chi connectivity index (χ3v) is 5.02. The molecule has 0 aliphatic carbocycles. The van der Waals surface area contributed by atoms with E-state index in [0.29, 0.717) is 17.8 Å². The lowest BCUT2D eigenvalue weighted by Crippen LogP contribution is -1.99. The van der Waals surface area contributed by atoms with Crippen LogP contribution in [-0.2, 0) is 6.61 Å². The Hall–Kier alpha value is -1.87. The highest BCUT2D eigenvalue weighted by atomic mass is 16.3. The van der Waals surface area contributed by atoms with Crippen LogP contribution in [0.1, 0.15) is 107 Å². The molecule has 3 nitrogen and oxygen atoms in total. The average molecular weight is 400 g/mol. The number of hydrogen-bond donors (Lipinski definition) is 2. The molecule has 1 aromatic rings. The molecule has 162 valence electrons. The monoisotopic (exact) mass is 399 g/mol. The number of hydrogen-bond acceptors (Lipinski definition) is 2. The van der Waals surface area contributed by atoms with Crippen LogP contribution < -0.4 is 0 Å². The Kier molecular flexibility index (Phi) is 15.8. The van der Waals surface area contributed by atoms with Crippen molar-refractivity contribution in [1.29, 1.82) is 0 Å². The summed E-state index contributed by atoms with van der Waals surface area (Å²) in [4.78, 5) is 15.0. The molecule has 0 saturated heterocycles. The van der Waals surface area contributed by atoms with E-state index in [1.807, 2.05) is 0 Å². The standard InChI is InChI=1S/C26H41NO2/c1-2-3-4-5-6-7-8-9-10-11-12-13-14-15-16-17-18-19-20-26(29)25-22-21-24(23-28)27-25/h3-4,6-7,9-10,21-22,27-28H,2,5,8,11-20,23H2,1H3. The van der Waals surface area contributed by atoms with Gasteiger partial charge in [0.2, 0.25) is 0 Å². The molecule has 0 spiro atoms. The lowest BCUT2D eigenvalue weighted by atomic mass is 10.0. The van der Waals surface area contributed by atoms with Crippen molar-refractivity contribution < 1.29 is 9.90 Å². The van der Waals surface area contributed by atoms with Gasteiger partial charge in [-0.2, -0.15) is 0 Å². The maximum absolute atomic E-state index is 12.0. The van der Waals surface area contributed by atoms with Gasteiger partial charge in [0.25, 0.3) is 0 Å². The minimum atomic E-state index is -0.0435. The summed E-state index contributed by atoms with van der Waals surface area (Å²) in [5.74, 6) is 0.154. The number of carbonyl (C=O) groups excluding carboxylic acids is 1. The predicted octanol–water partition coefficient (Wildman–Crippen LogP) is 7.45. The molecular weight excluding hydrogens is 358 g/mol. The number of aliphatic hydroxyl groups excluding tert-OH is 1. The van der Waals surface area contributed by atoms with Gasteiger partial charge in [-0.05, 0) is 50.7 Å². The Morgan fingerprint density at radius 2 is 1.41 bits per heavy atom. The number of aliphatic hydroxyl groups is 1. The van der Waals surface area contributed by atoms with E-state index in [2.05, 4.69) is 48.4 Å². The smallest absolute Gasteiger partial charge is 0.179 e. The van der Waals surface area contributed by atoms with E-state index in [9.17, 15) is 4.79 Å². The van der Waals surface area contributed by atoms with Crippen molar-refractivity contribution in [2.45, 2.75) is 97.0 Å². The van der Waals surface area contributed by atoms with Gasteiger partial charge in [0.1, 0.15) is 0 Å². The van der Waals surface area contributed by atoms with Crippen LogP contribution in [0.25, 0.3) is 0 Å². The first-order valence-corrected chi connectivity index (χ1v) is 11.5. The molecule has 0 radical (unpaired) electrons. The first kappa shape index (κ1) is 25.2. The lowest BCUT2D eigenvalue weighted by molar-refractivity contribution is 0.0974. The second-order valence-electron chi connectivity index (χ2n) is 7.64. The molecule has 0 atom stereocenters. The maximum atomic E-state index is 12.0. The number of H-pyrrole nitrogens is 1. The Labute approximate surface area is 178 Å². The molecule has 1 heterocycles. The van der Waals surface area contributed by atoms with Crippen LogP contribution >= 0.6 is 0 Å². The maximum Gasteiger partial charge on any atom is 0.179 e. The number of carbonyl (C=O) groups is 1. The fourth-order valence-electron chi connectivity index (χ4n) is 3.26. The van der Waals surface area contributed by atoms with Gasteiger partial charge in [-0.1, -0.05) is 81.9 Å². The van der Waals surface area contributed by atoms with Crippen molar-refractivity contribution in [2.24, 2.45) is 0 Å². The topological polar surface area (TPSA) is 53.1 Å². The number of unbranched alkanes of at least 4 members (excludes halogenated alkanes) is 8. The normalized spacial score (nSPS) is 12.1. The lowest BCUT2D eigenvalue weighted by Gasteiger charge is -2.02. The number of allylic oxidation sites excluding steroid dienone is 6. The van der Waals surface area contributed by atoms with Crippen LogP contribution in [0.4, 0.5) is 0 Å². The number of Topliss-reactive ketones (excluding diaryl/α,β-unsaturated/α-hetero) is 1. The van der Waals surface area contributed by atoms with Gasteiger partial charge in [0.05, 0.1) is 12.3 Å². The number of rotatable bonds is 18. The summed E-state index contributed by atoms with van der Waals surface area (Å²) in [6.07, 6.45) is 28.3. The van der Waals surface area contributed by atoms with Crippen LogP contribution in [0.2, 0.25) is 0 Å². The fourth-order valence-corrected chi connectivity index (χ4v) is 3.26. The molecule has 2 N–H and O–H groups in total. The molecular formula is C26H41NO2. The molecule has 0 bridgehead atoms. The van der Waals surface area contributed by atoms with Crippen LogP contribution in [0.15, 0.2) is 48.6 Å². The van der Waals surface area contributed by atoms with E-state index < -0.39 is 0 Å². The van der Waals surface area contributed by atoms with Crippen molar-refractivity contribution in [3.63, 3.8) is 0 Å². The second-order valence-corrected chi connectivity index (χ2v) is 7.64. The fraction of sp³-hybridized carbons (Fsp3) is 0.577. The van der Waals surface area contributed by atoms with Gasteiger partial charge in [-0.15, -0.1) is 0 Å². The first-order chi connectivity index (χ1) is 14.3. The second kappa shape index (κ2) is 18.2. The van der Waals surface area contributed by atoms with Gasteiger partial charge in [-0.25, -0.2) is 0 Å². The summed E-state index contributed by atoms with van der Waals surface area (Å²) < 4.78 is 0. The zero-order chi connectivity index (χ0) is 21.0. The summed E-state index contributed by atoms with van der Waals surface area (Å²) >= 11 is 0. The summed E-state index contributed by atoms with van der Waals surface area (Å²) in [6, 6.07) is 3.54. The van der Waals surface area contributed by atoms with Crippen molar-refractivity contribution in [3.8, 4) is 0 Å². The summed E-state index contributed by atoms with van der Waals surface area (Å²) in [7, 11) is 0. The highest BCUT2D eigenvalue weighted by Crippen LogP contribution is 2.13. The van der Waals surface area contributed by atoms with E-state index in [4.69, 9.17) is 5.11 Å². The van der Waals surface area contributed by atoms with Crippen molar-refractivity contribution in [2.75, 3.05) is 0 Å². The molecule has 0 aromatic carbocycles. The van der Waals surface area contributed by atoms with E-state index in [0.717, 1.165) is 32.1 Å². The van der Waals surface area contributed by atoms with Gasteiger partial charge in [-0.3, -0.25) is 4.79 Å². The van der Waals surface area contributed by atoms with Gasteiger partial charge >= 0.3 is 0 Å². The first-order valence-electron chi connectivity index (χ1n) is 11.5. The molecule has 0 fully saturated rings. The Balaban J connectivity index is 1.85. The third-order valence-electron chi connectivity index (χ3n) is 5.02. The molecule has 3 heteroatoms. The highest BCUT2D eigenvalue weighted by Gasteiger charge is 2.07. The summed E-state index contributed by atoms with van der Waals surface area (Å²) in [6.45, 7) is 2.12. The van der Waals surface area contributed by atoms with Crippen molar-refractivity contribution >= 4 is 5.78 Å². The quantitative estimate of drug-likeness (QED) is 0.153. The Morgan fingerprint density at radius 1 is 0.828 bits per heavy atom. The van der Waals surface area contributed by atoms with E-state index in [-0.39, 0.29) is 12.4 Å². The highest BCUT2D eigenvalue weighted by molar-refractivity contribution is 5.94. The van der Waals surface area contributed by atoms with Gasteiger partial charge < -0.3 is 10.1 Å². The number of nitrogens with one attached hydrogen (secondary N) is 1. The molecule has 0 aliphatic heterocycles. The Bertz CT molecular complexity index is 610. The number of ketones is 1. The predicted molar refractivity (Wildman–Crippen MR) is 124 cm³/mol. The molecule has 0 aliphatic rings. The molecule has 1 aromatic heterocycles. The van der Waals surface area contributed by atoms with E-state index in [1.54, 1.807) is 12.1 Å². The van der Waals surface area contributed by atoms with E-state index in [1.165, 1.54) is 44.9 Å². The number of aromatic nitrogens is 1. The van der Waals surface area contributed by atoms with Gasteiger partial charge in [0, 0.05) is 12.1 Å². The van der Waals surface area contributed by atoms with Crippen LogP contribution in [0, 0.1) is 0 Å². The minimum Gasteiger partial charge on any atom is -0.390 e. The van der Waals surface area contributed by atoms with E-state index >= 15 is 0 Å². The molecule has 0 amide bonds. The third kappa shape index (κ3) is 13.9. The van der Waals surface area contributed by atoms with Crippen LogP contribution in [0.5, 0.6) is 0 Å². The van der Waals surface area contributed by atoms with Crippen molar-refractivity contribution in [3.05, 3.63) is 60.0 Å². The van der Waals surface area contributed by atoms with Crippen LogP contribution in [-0.4, -0.2) is 15.9 Å². The SMILES string of the molecule is CCC=CCC=CCC=CCCCCCCCCCCC(=O)c1ccc(CO)[nH]1. The largest absolute Gasteiger partial charge is 0.390 e. The molecule has 29 heavy (non-hydrogen) atoms. The zero-order valence-electron chi connectivity index (χ0n) is 18.4. The minimum absolute atomic E-state index is 0.0435. The zero-order valence-corrected chi connectivity index (χ0v) is 18.4. The van der Waals surface area contributed by atoms with Crippen molar-refractivity contribution in [1.82, 2.24) is 4.98 Å². The molecule has 1 rings (SSSR count). The number of aromatic amines is 1. The average Bonchev–Trinajstić information content (AvgIpc) is 3.22. The summed E-state index contributed by atoms with van der Waals surface area (Å²) in [5, 5.41) is 9.02. The Morgan fingerprint density at radius 3 is 2.03 bits per heavy atom.